The second kappa shape index (κ2) is 6.64. The van der Waals surface area contributed by atoms with Crippen LogP contribution in [-0.2, 0) is 4.74 Å². The largest absolute Gasteiger partial charge is 0.490 e. The summed E-state index contributed by atoms with van der Waals surface area (Å²) in [7, 11) is 0. The van der Waals surface area contributed by atoms with Gasteiger partial charge in [-0.15, -0.1) is 0 Å². The number of morpholine rings is 1. The fourth-order valence-corrected chi connectivity index (χ4v) is 2.75. The predicted octanol–water partition coefficient (Wildman–Crippen LogP) is 1.60. The van der Waals surface area contributed by atoms with Crippen LogP contribution in [-0.4, -0.2) is 55.6 Å². The molecule has 1 N–H and O–H groups in total. The zero-order valence-corrected chi connectivity index (χ0v) is 12.5. The smallest absolute Gasteiger partial charge is 0.161 e. The highest BCUT2D eigenvalue weighted by atomic mass is 16.5. The van der Waals surface area contributed by atoms with Crippen LogP contribution in [0.2, 0.25) is 0 Å². The van der Waals surface area contributed by atoms with Crippen LogP contribution in [0.1, 0.15) is 25.0 Å². The molecule has 1 aromatic rings. The Morgan fingerprint density at radius 1 is 1.24 bits per heavy atom. The Balaban J connectivity index is 1.69. The number of hydrogen-bond acceptors (Lipinski definition) is 5. The van der Waals surface area contributed by atoms with Crippen molar-refractivity contribution in [2.45, 2.75) is 25.5 Å². The molecule has 5 nitrogen and oxygen atoms in total. The molecule has 1 aromatic carbocycles. The third-order valence-electron chi connectivity index (χ3n) is 4.07. The molecule has 0 amide bonds. The maximum absolute atomic E-state index is 10.5. The lowest BCUT2D eigenvalue weighted by Crippen LogP contribution is -2.45. The Bertz CT molecular complexity index is 479. The highest BCUT2D eigenvalue weighted by Crippen LogP contribution is 2.32. The van der Waals surface area contributed by atoms with Crippen LogP contribution in [0.4, 0.5) is 0 Å². The highest BCUT2D eigenvalue weighted by Gasteiger charge is 2.23. The summed E-state index contributed by atoms with van der Waals surface area (Å²) in [6.45, 7) is 6.41. The lowest BCUT2D eigenvalue weighted by Gasteiger charge is -2.34. The van der Waals surface area contributed by atoms with Gasteiger partial charge in [0.15, 0.2) is 11.5 Å². The van der Waals surface area contributed by atoms with Crippen molar-refractivity contribution >= 4 is 0 Å². The van der Waals surface area contributed by atoms with E-state index in [1.54, 1.807) is 0 Å². The van der Waals surface area contributed by atoms with Gasteiger partial charge in [0.05, 0.1) is 32.5 Å². The number of aliphatic hydroxyl groups excluding tert-OH is 1. The van der Waals surface area contributed by atoms with E-state index in [2.05, 4.69) is 11.8 Å². The molecule has 21 heavy (non-hydrogen) atoms. The summed E-state index contributed by atoms with van der Waals surface area (Å²) in [5, 5.41) is 10.5. The molecule has 2 unspecified atom stereocenters. The topological polar surface area (TPSA) is 51.2 Å². The quantitative estimate of drug-likeness (QED) is 0.917. The van der Waals surface area contributed by atoms with Crippen LogP contribution < -0.4 is 9.47 Å². The summed E-state index contributed by atoms with van der Waals surface area (Å²) in [5.41, 5.74) is 0.873. The number of hydrogen-bond donors (Lipinski definition) is 1. The van der Waals surface area contributed by atoms with E-state index in [1.807, 2.05) is 18.2 Å². The van der Waals surface area contributed by atoms with Gasteiger partial charge in [-0.2, -0.15) is 0 Å². The zero-order valence-electron chi connectivity index (χ0n) is 12.5. The van der Waals surface area contributed by atoms with Crippen LogP contribution >= 0.6 is 0 Å². The Morgan fingerprint density at radius 2 is 2.05 bits per heavy atom. The Labute approximate surface area is 125 Å². The van der Waals surface area contributed by atoms with E-state index < -0.39 is 6.10 Å². The van der Waals surface area contributed by atoms with E-state index in [-0.39, 0.29) is 0 Å². The Kier molecular flexibility index (Phi) is 4.63. The van der Waals surface area contributed by atoms with E-state index in [0.29, 0.717) is 25.8 Å². The molecular formula is C16H23NO4. The SMILES string of the molecule is CC1COCCN1CC(O)c1ccc2c(c1)OCCCO2. The van der Waals surface area contributed by atoms with Crippen molar-refractivity contribution < 1.29 is 19.3 Å². The number of aliphatic hydroxyl groups is 1. The summed E-state index contributed by atoms with van der Waals surface area (Å²) < 4.78 is 16.7. The molecule has 5 heteroatoms. The van der Waals surface area contributed by atoms with Crippen LogP contribution in [0, 0.1) is 0 Å². The van der Waals surface area contributed by atoms with Gasteiger partial charge in [0.2, 0.25) is 0 Å². The molecule has 0 spiro atoms. The monoisotopic (exact) mass is 293 g/mol. The molecule has 0 saturated carbocycles. The van der Waals surface area contributed by atoms with Gasteiger partial charge in [0.1, 0.15) is 0 Å². The zero-order chi connectivity index (χ0) is 14.7. The fourth-order valence-electron chi connectivity index (χ4n) is 2.75. The average Bonchev–Trinajstić information content (AvgIpc) is 2.74. The molecule has 1 fully saturated rings. The molecule has 2 aliphatic rings. The number of fused-ring (bicyclic) bond motifs is 1. The standard InChI is InChI=1S/C16H23NO4/c1-12-11-19-8-5-17(12)10-14(18)13-3-4-15-16(9-13)21-7-2-6-20-15/h3-4,9,12,14,18H,2,5-8,10-11H2,1H3. The third kappa shape index (κ3) is 3.48. The number of nitrogens with zero attached hydrogens (tertiary/aromatic N) is 1. The summed E-state index contributed by atoms with van der Waals surface area (Å²) >= 11 is 0. The fraction of sp³-hybridized carbons (Fsp3) is 0.625. The molecular weight excluding hydrogens is 270 g/mol. The van der Waals surface area contributed by atoms with Crippen molar-refractivity contribution in [3.05, 3.63) is 23.8 Å². The van der Waals surface area contributed by atoms with Crippen molar-refractivity contribution in [2.24, 2.45) is 0 Å². The van der Waals surface area contributed by atoms with Crippen molar-refractivity contribution in [2.75, 3.05) is 39.5 Å². The third-order valence-corrected chi connectivity index (χ3v) is 4.07. The van der Waals surface area contributed by atoms with Crippen molar-refractivity contribution in [1.29, 1.82) is 0 Å². The molecule has 2 aliphatic heterocycles. The van der Waals surface area contributed by atoms with Gasteiger partial charge in [-0.25, -0.2) is 0 Å². The van der Waals surface area contributed by atoms with Crippen LogP contribution in [0.15, 0.2) is 18.2 Å². The van der Waals surface area contributed by atoms with Gasteiger partial charge in [-0.1, -0.05) is 6.07 Å². The van der Waals surface area contributed by atoms with Gasteiger partial charge in [0.25, 0.3) is 0 Å². The molecule has 0 aromatic heterocycles. The average molecular weight is 293 g/mol. The van der Waals surface area contributed by atoms with E-state index in [4.69, 9.17) is 14.2 Å². The first-order valence-corrected chi connectivity index (χ1v) is 7.63. The van der Waals surface area contributed by atoms with Crippen molar-refractivity contribution in [1.82, 2.24) is 4.90 Å². The number of benzene rings is 1. The minimum atomic E-state index is -0.525. The van der Waals surface area contributed by atoms with Crippen molar-refractivity contribution in [3.8, 4) is 11.5 Å². The first-order chi connectivity index (χ1) is 10.2. The van der Waals surface area contributed by atoms with Crippen LogP contribution in [0.25, 0.3) is 0 Å². The summed E-state index contributed by atoms with van der Waals surface area (Å²) in [5.74, 6) is 1.50. The molecule has 2 heterocycles. The lowest BCUT2D eigenvalue weighted by molar-refractivity contribution is -0.0203. The normalized spacial score (nSPS) is 24.4. The second-order valence-electron chi connectivity index (χ2n) is 5.69. The molecule has 1 saturated heterocycles. The van der Waals surface area contributed by atoms with Crippen LogP contribution in [0.5, 0.6) is 11.5 Å². The molecule has 116 valence electrons. The van der Waals surface area contributed by atoms with Crippen LogP contribution in [0.3, 0.4) is 0 Å². The van der Waals surface area contributed by atoms with E-state index in [1.165, 1.54) is 0 Å². The Morgan fingerprint density at radius 3 is 2.86 bits per heavy atom. The van der Waals surface area contributed by atoms with Crippen molar-refractivity contribution in [3.63, 3.8) is 0 Å². The molecule has 0 radical (unpaired) electrons. The number of β-amino-alcohol motifs (C(OH)–C–C–N with tert-alkyl or cyclic N) is 1. The number of rotatable bonds is 3. The second-order valence-corrected chi connectivity index (χ2v) is 5.69. The number of ether oxygens (including phenoxy) is 3. The first kappa shape index (κ1) is 14.6. The lowest BCUT2D eigenvalue weighted by atomic mass is 10.1. The molecule has 0 aliphatic carbocycles. The van der Waals surface area contributed by atoms with E-state index in [0.717, 1.165) is 43.2 Å². The van der Waals surface area contributed by atoms with Gasteiger partial charge in [-0.3, -0.25) is 4.90 Å². The summed E-state index contributed by atoms with van der Waals surface area (Å²) in [6, 6.07) is 6.05. The predicted molar refractivity (Wildman–Crippen MR) is 78.9 cm³/mol. The van der Waals surface area contributed by atoms with Gasteiger partial charge in [-0.05, 0) is 24.6 Å². The minimum Gasteiger partial charge on any atom is -0.490 e. The molecule has 2 atom stereocenters. The van der Waals surface area contributed by atoms with Gasteiger partial charge in [0, 0.05) is 25.6 Å². The summed E-state index contributed by atoms with van der Waals surface area (Å²) in [4.78, 5) is 2.26. The molecule has 3 rings (SSSR count). The maximum atomic E-state index is 10.5. The van der Waals surface area contributed by atoms with Gasteiger partial charge < -0.3 is 19.3 Å². The van der Waals surface area contributed by atoms with Gasteiger partial charge >= 0.3 is 0 Å². The minimum absolute atomic E-state index is 0.341. The highest BCUT2D eigenvalue weighted by molar-refractivity contribution is 5.44. The van der Waals surface area contributed by atoms with E-state index in [9.17, 15) is 5.11 Å². The maximum Gasteiger partial charge on any atom is 0.161 e. The first-order valence-electron chi connectivity index (χ1n) is 7.63. The molecule has 0 bridgehead atoms. The van der Waals surface area contributed by atoms with E-state index >= 15 is 0 Å². The summed E-state index contributed by atoms with van der Waals surface area (Å²) in [6.07, 6.45) is 0.361. The Hall–Kier alpha value is -1.30.